The summed E-state index contributed by atoms with van der Waals surface area (Å²) < 4.78 is 39.1. The highest BCUT2D eigenvalue weighted by Gasteiger charge is 2.39. The predicted molar refractivity (Wildman–Crippen MR) is 238 cm³/mol. The van der Waals surface area contributed by atoms with Crippen LogP contribution in [-0.4, -0.2) is 77.5 Å². The number of carbonyl (C=O) groups excluding carboxylic acids is 3. The Bertz CT molecular complexity index is 1450. The number of rotatable bonds is 37. The van der Waals surface area contributed by atoms with E-state index in [1.807, 2.05) is 0 Å². The van der Waals surface area contributed by atoms with Gasteiger partial charge in [0.1, 0.15) is 23.9 Å². The number of phosphoric ester groups is 1. The Kier molecular flexibility index (Phi) is 29.0. The van der Waals surface area contributed by atoms with Gasteiger partial charge in [-0.05, 0) is 69.4 Å². The quantitative estimate of drug-likeness (QED) is 0.0213. The average Bonchev–Trinajstić information content (AvgIpc) is 3.66. The van der Waals surface area contributed by atoms with Gasteiger partial charge in [-0.3, -0.25) is 23.4 Å². The van der Waals surface area contributed by atoms with Crippen LogP contribution in [0.15, 0.2) is 16.6 Å². The molecule has 1 aromatic rings. The fourth-order valence-electron chi connectivity index (χ4n) is 7.89. The van der Waals surface area contributed by atoms with Crippen molar-refractivity contribution in [3.63, 3.8) is 0 Å². The third kappa shape index (κ3) is 23.8. The smallest absolute Gasteiger partial charge is 0.466 e. The van der Waals surface area contributed by atoms with E-state index in [0.717, 1.165) is 88.6 Å². The van der Waals surface area contributed by atoms with Crippen molar-refractivity contribution in [2.45, 2.75) is 207 Å². The number of furan rings is 1. The van der Waals surface area contributed by atoms with Gasteiger partial charge in [-0.15, -0.1) is 0 Å². The van der Waals surface area contributed by atoms with Gasteiger partial charge in [0.2, 0.25) is 0 Å². The lowest BCUT2D eigenvalue weighted by Crippen LogP contribution is -2.29. The normalized spacial score (nSPS) is 18.8. The van der Waals surface area contributed by atoms with Crippen LogP contribution >= 0.6 is 7.82 Å². The van der Waals surface area contributed by atoms with Crippen LogP contribution in [0.2, 0.25) is 0 Å². The van der Waals surface area contributed by atoms with Gasteiger partial charge in [-0.25, -0.2) is 4.57 Å². The van der Waals surface area contributed by atoms with E-state index < -0.39 is 50.6 Å². The summed E-state index contributed by atoms with van der Waals surface area (Å²) in [5, 5.41) is 20.8. The lowest BCUT2D eigenvalue weighted by atomic mass is 9.88. The Morgan fingerprint density at radius 2 is 1.36 bits per heavy atom. The molecular weight excluding hydrogens is 801 g/mol. The van der Waals surface area contributed by atoms with Crippen LogP contribution in [0.3, 0.4) is 0 Å². The Morgan fingerprint density at radius 3 is 1.98 bits per heavy atom. The number of allylic oxidation sites excluding steroid dienone is 1. The van der Waals surface area contributed by atoms with Crippen LogP contribution < -0.4 is 5.73 Å². The number of carbonyl (C=O) groups is 3. The lowest BCUT2D eigenvalue weighted by Gasteiger charge is -2.20. The first-order chi connectivity index (χ1) is 29.3. The third-order valence-corrected chi connectivity index (χ3v) is 12.7. The molecule has 0 aliphatic heterocycles. The number of esters is 2. The summed E-state index contributed by atoms with van der Waals surface area (Å²) in [5.41, 5.74) is 7.99. The number of hydrogen-bond donors (Lipinski definition) is 4. The van der Waals surface area contributed by atoms with Crippen LogP contribution in [-0.2, 0) is 50.3 Å². The molecule has 1 heterocycles. The van der Waals surface area contributed by atoms with E-state index in [1.165, 1.54) is 43.2 Å². The van der Waals surface area contributed by atoms with Crippen molar-refractivity contribution in [2.24, 2.45) is 17.6 Å². The van der Waals surface area contributed by atoms with Gasteiger partial charge in [0.25, 0.3) is 0 Å². The molecule has 0 aromatic carbocycles. The Balaban J connectivity index is 1.66. The highest BCUT2D eigenvalue weighted by Crippen LogP contribution is 2.43. The summed E-state index contributed by atoms with van der Waals surface area (Å²) in [6.07, 6.45) is 22.5. The average molecular weight is 884 g/mol. The van der Waals surface area contributed by atoms with Crippen LogP contribution in [0.5, 0.6) is 0 Å². The van der Waals surface area contributed by atoms with E-state index in [4.69, 9.17) is 28.7 Å². The van der Waals surface area contributed by atoms with E-state index in [2.05, 4.69) is 27.7 Å². The molecule has 13 nitrogen and oxygen atoms in total. The first-order valence-corrected chi connectivity index (χ1v) is 25.1. The molecule has 1 aliphatic rings. The molecule has 14 heteroatoms. The molecule has 0 spiro atoms. The Hall–Kier alpha value is -2.38. The van der Waals surface area contributed by atoms with Crippen molar-refractivity contribution in [3.8, 4) is 0 Å². The standard InChI is InChI=1S/C47H82NO12P/c1-5-7-17-23-38(49)29-30-41-40(42(50)33-43(41)51)24-19-15-16-22-28-47(53)59-39(35-58-61(54,55)57-32-31-48)34-56-46(52)27-21-14-12-10-9-11-13-20-26-45-37(4)36(3)44(60-45)25-18-8-6-2/h29-30,38-42,49-50H,5-28,31-35,48H2,1-4H3,(H,54,55)/b30-29+/t38-,39+,40+,41+,42-/m0/s1. The summed E-state index contributed by atoms with van der Waals surface area (Å²) in [6, 6.07) is 0. The fraction of sp³-hybridized carbons (Fsp3) is 0.809. The SMILES string of the molecule is CCCCCc1oc(CCCCCCCCCCC(=O)OC[C@H](COP(=O)(O)OCCN)OC(=O)CCCCCC[C@H]2[C@@H](O)CC(=O)[C@@H]2/C=C/[C@@H](O)CCCCC)c(C)c1C. The Labute approximate surface area is 366 Å². The first-order valence-electron chi connectivity index (χ1n) is 23.6. The number of aliphatic hydroxyl groups excluding tert-OH is 2. The molecule has 1 unspecified atom stereocenters. The second-order valence-corrected chi connectivity index (χ2v) is 18.4. The second-order valence-electron chi connectivity index (χ2n) is 17.0. The van der Waals surface area contributed by atoms with Crippen molar-refractivity contribution < 1.29 is 57.0 Å². The van der Waals surface area contributed by atoms with Gasteiger partial charge in [0, 0.05) is 44.6 Å². The maximum atomic E-state index is 12.8. The molecule has 0 amide bonds. The van der Waals surface area contributed by atoms with E-state index in [9.17, 15) is 34.1 Å². The van der Waals surface area contributed by atoms with E-state index in [-0.39, 0.29) is 50.7 Å². The number of aliphatic hydroxyl groups is 2. The van der Waals surface area contributed by atoms with Crippen molar-refractivity contribution in [1.29, 1.82) is 0 Å². The van der Waals surface area contributed by atoms with Gasteiger partial charge in [0.15, 0.2) is 6.10 Å². The minimum atomic E-state index is -4.46. The molecule has 5 N–H and O–H groups in total. The second kappa shape index (κ2) is 32.3. The predicted octanol–water partition coefficient (Wildman–Crippen LogP) is 9.63. The third-order valence-electron chi connectivity index (χ3n) is 11.8. The van der Waals surface area contributed by atoms with Gasteiger partial charge < -0.3 is 34.7 Å². The van der Waals surface area contributed by atoms with Crippen LogP contribution in [0.1, 0.15) is 184 Å². The summed E-state index contributed by atoms with van der Waals surface area (Å²) >= 11 is 0. The first kappa shape index (κ1) is 54.8. The number of nitrogens with two attached hydrogens (primary N) is 1. The highest BCUT2D eigenvalue weighted by atomic mass is 31.2. The molecule has 352 valence electrons. The number of ketones is 1. The number of ether oxygens (including phenoxy) is 2. The molecule has 0 radical (unpaired) electrons. The van der Waals surface area contributed by atoms with E-state index >= 15 is 0 Å². The minimum absolute atomic E-state index is 0.00386. The maximum absolute atomic E-state index is 12.8. The molecule has 61 heavy (non-hydrogen) atoms. The number of Topliss-reactive ketones (excluding diaryl/α,β-unsaturated/α-hetero) is 1. The summed E-state index contributed by atoms with van der Waals surface area (Å²) in [6.45, 7) is 7.65. The van der Waals surface area contributed by atoms with Crippen molar-refractivity contribution >= 4 is 25.5 Å². The largest absolute Gasteiger partial charge is 0.472 e. The maximum Gasteiger partial charge on any atom is 0.472 e. The fourth-order valence-corrected chi connectivity index (χ4v) is 8.66. The molecule has 0 saturated heterocycles. The number of hydrogen-bond acceptors (Lipinski definition) is 12. The summed E-state index contributed by atoms with van der Waals surface area (Å²) in [4.78, 5) is 47.8. The van der Waals surface area contributed by atoms with Gasteiger partial charge in [-0.1, -0.05) is 116 Å². The van der Waals surface area contributed by atoms with Crippen molar-refractivity contribution in [3.05, 3.63) is 34.8 Å². The zero-order valence-electron chi connectivity index (χ0n) is 38.1. The Morgan fingerprint density at radius 1 is 0.803 bits per heavy atom. The van der Waals surface area contributed by atoms with E-state index in [0.29, 0.717) is 32.1 Å². The zero-order valence-corrected chi connectivity index (χ0v) is 39.0. The minimum Gasteiger partial charge on any atom is -0.466 e. The molecule has 2 rings (SSSR count). The van der Waals surface area contributed by atoms with Gasteiger partial charge in [0.05, 0.1) is 25.4 Å². The number of aryl methyl sites for hydroxylation is 2. The molecule has 1 aliphatic carbocycles. The lowest BCUT2D eigenvalue weighted by molar-refractivity contribution is -0.161. The summed E-state index contributed by atoms with van der Waals surface area (Å²) in [7, 11) is -4.46. The number of unbranched alkanes of at least 4 members (excludes halogenated alkanes) is 14. The van der Waals surface area contributed by atoms with Crippen molar-refractivity contribution in [2.75, 3.05) is 26.4 Å². The van der Waals surface area contributed by atoms with Crippen LogP contribution in [0.4, 0.5) is 0 Å². The molecule has 1 fully saturated rings. The summed E-state index contributed by atoms with van der Waals surface area (Å²) in [5.74, 6) is 0.702. The molecule has 6 atom stereocenters. The molecule has 0 bridgehead atoms. The van der Waals surface area contributed by atoms with Gasteiger partial charge in [-0.2, -0.15) is 0 Å². The van der Waals surface area contributed by atoms with Crippen molar-refractivity contribution in [1.82, 2.24) is 0 Å². The topological polar surface area (TPSA) is 205 Å². The molecular formula is C47H82NO12P. The molecule has 1 saturated carbocycles. The van der Waals surface area contributed by atoms with Crippen LogP contribution in [0.25, 0.3) is 0 Å². The van der Waals surface area contributed by atoms with Gasteiger partial charge >= 0.3 is 19.8 Å². The highest BCUT2D eigenvalue weighted by molar-refractivity contribution is 7.47. The molecule has 1 aromatic heterocycles. The van der Waals surface area contributed by atoms with Crippen LogP contribution in [0, 0.1) is 25.7 Å². The monoisotopic (exact) mass is 884 g/mol. The van der Waals surface area contributed by atoms with E-state index in [1.54, 1.807) is 12.2 Å². The zero-order chi connectivity index (χ0) is 44.9. The number of phosphoric acid groups is 1.